The quantitative estimate of drug-likeness (QED) is 0.899. The molecule has 0 amide bonds. The fourth-order valence-corrected chi connectivity index (χ4v) is 3.05. The minimum absolute atomic E-state index is 0.0342. The van der Waals surface area contributed by atoms with Crippen molar-refractivity contribution in [3.05, 3.63) is 47.0 Å². The summed E-state index contributed by atoms with van der Waals surface area (Å²) in [6.45, 7) is 0. The van der Waals surface area contributed by atoms with Gasteiger partial charge >= 0.3 is 5.97 Å². The van der Waals surface area contributed by atoms with Crippen LogP contribution in [0.1, 0.15) is 10.5 Å². The average Bonchev–Trinajstić information content (AvgIpc) is 2.70. The highest BCUT2D eigenvalue weighted by molar-refractivity contribution is 7.92. The molecule has 0 fully saturated rings. The lowest BCUT2D eigenvalue weighted by Gasteiger charge is -2.07. The highest BCUT2D eigenvalue weighted by atomic mass is 35.5. The van der Waals surface area contributed by atoms with Crippen LogP contribution >= 0.6 is 11.6 Å². The molecule has 0 saturated carbocycles. The number of aromatic carboxylic acids is 1. The molecule has 0 aliphatic carbocycles. The van der Waals surface area contributed by atoms with Crippen LogP contribution in [0.4, 0.5) is 10.1 Å². The number of halogens is 2. The molecule has 6 nitrogen and oxygen atoms in total. The summed E-state index contributed by atoms with van der Waals surface area (Å²) in [6.07, 6.45) is 1.15. The van der Waals surface area contributed by atoms with E-state index in [4.69, 9.17) is 16.7 Å². The van der Waals surface area contributed by atoms with E-state index >= 15 is 0 Å². The Labute approximate surface area is 124 Å². The van der Waals surface area contributed by atoms with E-state index in [1.807, 2.05) is 0 Å². The van der Waals surface area contributed by atoms with Crippen LogP contribution in [0.15, 0.2) is 35.4 Å². The van der Waals surface area contributed by atoms with Crippen molar-refractivity contribution in [3.8, 4) is 0 Å². The number of benzene rings is 1. The molecule has 9 heteroatoms. The highest BCUT2D eigenvalue weighted by Crippen LogP contribution is 2.22. The molecule has 21 heavy (non-hydrogen) atoms. The molecule has 2 rings (SSSR count). The molecule has 0 spiro atoms. The number of carbonyl (C=O) groups is 1. The number of rotatable bonds is 4. The first-order valence-corrected chi connectivity index (χ1v) is 7.44. The number of aromatic nitrogens is 1. The molecule has 1 aromatic heterocycles. The number of aryl methyl sites for hydroxylation is 1. The standard InChI is InChI=1S/C12H10ClFN2O4S/c1-16-6-10(5-11(16)12(17)18)21(19,20)15-9-3-7(13)2-8(14)4-9/h2-6,15H,1H3,(H,17,18). The van der Waals surface area contributed by atoms with Gasteiger partial charge in [-0.1, -0.05) is 11.6 Å². The van der Waals surface area contributed by atoms with Crippen LogP contribution in [-0.2, 0) is 17.1 Å². The summed E-state index contributed by atoms with van der Waals surface area (Å²) in [4.78, 5) is 10.7. The molecule has 0 radical (unpaired) electrons. The lowest BCUT2D eigenvalue weighted by Crippen LogP contribution is -2.12. The van der Waals surface area contributed by atoms with Crippen LogP contribution in [-0.4, -0.2) is 24.1 Å². The Balaban J connectivity index is 2.38. The number of hydrogen-bond donors (Lipinski definition) is 2. The lowest BCUT2D eigenvalue weighted by atomic mass is 10.3. The van der Waals surface area contributed by atoms with Crippen molar-refractivity contribution in [1.82, 2.24) is 4.57 Å². The van der Waals surface area contributed by atoms with E-state index in [1.54, 1.807) is 0 Å². The maximum absolute atomic E-state index is 13.2. The Morgan fingerprint density at radius 1 is 1.33 bits per heavy atom. The van der Waals surface area contributed by atoms with Crippen LogP contribution < -0.4 is 4.72 Å². The molecule has 0 bridgehead atoms. The van der Waals surface area contributed by atoms with E-state index in [0.717, 1.165) is 29.0 Å². The van der Waals surface area contributed by atoms with Gasteiger partial charge in [0.25, 0.3) is 10.0 Å². The van der Waals surface area contributed by atoms with Gasteiger partial charge in [0.2, 0.25) is 0 Å². The SMILES string of the molecule is Cn1cc(S(=O)(=O)Nc2cc(F)cc(Cl)c2)cc1C(=O)O. The molecule has 2 aromatic rings. The highest BCUT2D eigenvalue weighted by Gasteiger charge is 2.20. The molecule has 0 saturated heterocycles. The van der Waals surface area contributed by atoms with Gasteiger partial charge in [0, 0.05) is 18.3 Å². The van der Waals surface area contributed by atoms with Crippen molar-refractivity contribution in [2.45, 2.75) is 4.90 Å². The molecule has 0 aliphatic rings. The number of nitrogens with zero attached hydrogens (tertiary/aromatic N) is 1. The summed E-state index contributed by atoms with van der Waals surface area (Å²) in [5.41, 5.74) is -0.242. The first-order chi connectivity index (χ1) is 9.69. The number of anilines is 1. The van der Waals surface area contributed by atoms with Crippen LogP contribution in [0.5, 0.6) is 0 Å². The van der Waals surface area contributed by atoms with E-state index in [-0.39, 0.29) is 21.3 Å². The lowest BCUT2D eigenvalue weighted by molar-refractivity contribution is 0.0686. The Morgan fingerprint density at radius 2 is 2.00 bits per heavy atom. The molecule has 1 heterocycles. The Hall–Kier alpha value is -2.06. The van der Waals surface area contributed by atoms with Crippen LogP contribution in [0.3, 0.4) is 0 Å². The predicted molar refractivity (Wildman–Crippen MR) is 74.6 cm³/mol. The molecule has 0 aliphatic heterocycles. The second-order valence-electron chi connectivity index (χ2n) is 4.24. The van der Waals surface area contributed by atoms with Gasteiger partial charge in [-0.05, 0) is 24.3 Å². The minimum atomic E-state index is -4.04. The summed E-state index contributed by atoms with van der Waals surface area (Å²) < 4.78 is 40.7. The predicted octanol–water partition coefficient (Wildman–Crippen LogP) is 2.32. The molecule has 2 N–H and O–H groups in total. The third kappa shape index (κ3) is 3.34. The largest absolute Gasteiger partial charge is 0.477 e. The van der Waals surface area contributed by atoms with Crippen molar-refractivity contribution in [2.75, 3.05) is 4.72 Å². The van der Waals surface area contributed by atoms with Crippen molar-refractivity contribution in [2.24, 2.45) is 7.05 Å². The zero-order chi connectivity index (χ0) is 15.8. The molecule has 1 aromatic carbocycles. The van der Waals surface area contributed by atoms with Gasteiger partial charge in [-0.15, -0.1) is 0 Å². The molecule has 112 valence electrons. The Morgan fingerprint density at radius 3 is 2.52 bits per heavy atom. The number of carboxylic acid groups (broad SMARTS) is 1. The number of carboxylic acids is 1. The van der Waals surface area contributed by atoms with Crippen molar-refractivity contribution in [3.63, 3.8) is 0 Å². The summed E-state index contributed by atoms with van der Waals surface area (Å²) >= 11 is 5.64. The summed E-state index contributed by atoms with van der Waals surface area (Å²) in [5.74, 6) is -1.95. The van der Waals surface area contributed by atoms with Gasteiger partial charge in [0.15, 0.2) is 0 Å². The van der Waals surface area contributed by atoms with E-state index in [1.165, 1.54) is 13.1 Å². The molecular weight excluding hydrogens is 323 g/mol. The maximum Gasteiger partial charge on any atom is 0.352 e. The minimum Gasteiger partial charge on any atom is -0.477 e. The Bertz CT molecular complexity index is 796. The second kappa shape index (κ2) is 5.38. The summed E-state index contributed by atoms with van der Waals surface area (Å²) in [5, 5.41) is 8.94. The number of nitrogens with one attached hydrogen (secondary N) is 1. The van der Waals surface area contributed by atoms with Gasteiger partial charge in [-0.2, -0.15) is 0 Å². The molecular formula is C12H10ClFN2O4S. The van der Waals surface area contributed by atoms with E-state index in [0.29, 0.717) is 0 Å². The van der Waals surface area contributed by atoms with Gasteiger partial charge in [0.1, 0.15) is 16.4 Å². The zero-order valence-electron chi connectivity index (χ0n) is 10.7. The third-order valence-corrected chi connectivity index (χ3v) is 4.19. The van der Waals surface area contributed by atoms with E-state index in [9.17, 15) is 17.6 Å². The summed E-state index contributed by atoms with van der Waals surface area (Å²) in [6, 6.07) is 4.24. The second-order valence-corrected chi connectivity index (χ2v) is 6.36. The maximum atomic E-state index is 13.2. The normalized spacial score (nSPS) is 11.4. The van der Waals surface area contributed by atoms with Crippen molar-refractivity contribution in [1.29, 1.82) is 0 Å². The van der Waals surface area contributed by atoms with Gasteiger partial charge in [-0.3, -0.25) is 4.72 Å². The van der Waals surface area contributed by atoms with Crippen LogP contribution in [0, 0.1) is 5.82 Å². The summed E-state index contributed by atoms with van der Waals surface area (Å²) in [7, 11) is -2.64. The van der Waals surface area contributed by atoms with E-state index in [2.05, 4.69) is 4.72 Å². The number of hydrogen-bond acceptors (Lipinski definition) is 3. The average molecular weight is 333 g/mol. The van der Waals surface area contributed by atoms with Gasteiger partial charge < -0.3 is 9.67 Å². The first kappa shape index (κ1) is 15.3. The van der Waals surface area contributed by atoms with E-state index < -0.39 is 21.8 Å². The first-order valence-electron chi connectivity index (χ1n) is 5.57. The number of sulfonamides is 1. The van der Waals surface area contributed by atoms with Crippen LogP contribution in [0.2, 0.25) is 5.02 Å². The molecule has 0 atom stereocenters. The topological polar surface area (TPSA) is 88.4 Å². The third-order valence-electron chi connectivity index (χ3n) is 2.62. The van der Waals surface area contributed by atoms with Gasteiger partial charge in [0.05, 0.1) is 5.69 Å². The van der Waals surface area contributed by atoms with Crippen molar-refractivity contribution < 1.29 is 22.7 Å². The monoisotopic (exact) mass is 332 g/mol. The fraction of sp³-hybridized carbons (Fsp3) is 0.0833. The molecule has 0 unspecified atom stereocenters. The van der Waals surface area contributed by atoms with Crippen LogP contribution in [0.25, 0.3) is 0 Å². The fourth-order valence-electron chi connectivity index (χ4n) is 1.72. The van der Waals surface area contributed by atoms with Gasteiger partial charge in [-0.25, -0.2) is 17.6 Å². The van der Waals surface area contributed by atoms with Crippen molar-refractivity contribution >= 4 is 33.3 Å². The Kier molecular flexibility index (Phi) is 3.93. The smallest absolute Gasteiger partial charge is 0.352 e. The zero-order valence-corrected chi connectivity index (χ0v) is 12.2.